The third-order valence-electron chi connectivity index (χ3n) is 7.10. The quantitative estimate of drug-likeness (QED) is 0.659. The number of rotatable bonds is 6. The van der Waals surface area contributed by atoms with Gasteiger partial charge in [-0.05, 0) is 48.4 Å². The molecule has 1 aliphatic heterocycles. The first-order valence-corrected chi connectivity index (χ1v) is 11.2. The third-order valence-corrected chi connectivity index (χ3v) is 7.10. The monoisotopic (exact) mass is 429 g/mol. The number of imide groups is 1. The lowest BCUT2D eigenvalue weighted by molar-refractivity contribution is -0.140. The fourth-order valence-electron chi connectivity index (χ4n) is 4.97. The van der Waals surface area contributed by atoms with Crippen LogP contribution in [0.4, 0.5) is 4.79 Å². The molecule has 5 rings (SSSR count). The van der Waals surface area contributed by atoms with Crippen LogP contribution >= 0.6 is 0 Å². The summed E-state index contributed by atoms with van der Waals surface area (Å²) in [6.07, 6.45) is 5.86. The number of urea groups is 1. The van der Waals surface area contributed by atoms with Gasteiger partial charge in [0.2, 0.25) is 5.91 Å². The van der Waals surface area contributed by atoms with E-state index in [2.05, 4.69) is 6.92 Å². The molecule has 2 fully saturated rings. The van der Waals surface area contributed by atoms with E-state index in [9.17, 15) is 14.4 Å². The summed E-state index contributed by atoms with van der Waals surface area (Å²) >= 11 is 0. The molecule has 1 saturated heterocycles. The summed E-state index contributed by atoms with van der Waals surface area (Å²) in [5, 5.41) is 0. The number of benzene rings is 2. The van der Waals surface area contributed by atoms with Gasteiger partial charge in [0, 0.05) is 19.6 Å². The second kappa shape index (κ2) is 7.62. The standard InChI is InChI=1S/C26H27N3O3/c1-18(20-12-13-20)28(16-19-8-4-3-5-9-19)23(30)17-29-24(31)26(27(2)25(29)32)15-14-21-10-6-7-11-22(21)26/h3-11,14-15,18,20H,12-13,16-17H2,1-2H3. The molecule has 0 radical (unpaired) electrons. The van der Waals surface area contributed by atoms with Crippen molar-refractivity contribution in [1.82, 2.24) is 14.7 Å². The molecule has 1 saturated carbocycles. The van der Waals surface area contributed by atoms with Crippen LogP contribution in [0, 0.1) is 5.92 Å². The average molecular weight is 430 g/mol. The van der Waals surface area contributed by atoms with E-state index in [1.54, 1.807) is 13.1 Å². The molecular formula is C26H27N3O3. The largest absolute Gasteiger partial charge is 0.334 e. The molecule has 3 aliphatic rings. The molecule has 4 amide bonds. The van der Waals surface area contributed by atoms with Crippen molar-refractivity contribution in [2.45, 2.75) is 37.9 Å². The topological polar surface area (TPSA) is 60.9 Å². The minimum Gasteiger partial charge on any atom is -0.334 e. The zero-order valence-corrected chi connectivity index (χ0v) is 18.4. The van der Waals surface area contributed by atoms with Crippen molar-refractivity contribution in [2.75, 3.05) is 13.6 Å². The van der Waals surface area contributed by atoms with E-state index in [0.717, 1.165) is 34.4 Å². The SMILES string of the molecule is CC(C1CC1)N(Cc1ccccc1)C(=O)CN1C(=O)N(C)C2(C=Cc3ccccc32)C1=O. The first kappa shape index (κ1) is 20.5. The lowest BCUT2D eigenvalue weighted by atomic mass is 9.91. The maximum Gasteiger partial charge on any atom is 0.328 e. The average Bonchev–Trinajstić information content (AvgIpc) is 3.57. The van der Waals surface area contributed by atoms with Gasteiger partial charge >= 0.3 is 6.03 Å². The van der Waals surface area contributed by atoms with E-state index in [1.807, 2.05) is 65.6 Å². The van der Waals surface area contributed by atoms with Crippen LogP contribution < -0.4 is 0 Å². The molecule has 32 heavy (non-hydrogen) atoms. The van der Waals surface area contributed by atoms with Gasteiger partial charge in [-0.15, -0.1) is 0 Å². The van der Waals surface area contributed by atoms with E-state index in [-0.39, 0.29) is 24.4 Å². The van der Waals surface area contributed by atoms with Gasteiger partial charge in [-0.3, -0.25) is 14.5 Å². The van der Waals surface area contributed by atoms with Gasteiger partial charge < -0.3 is 9.80 Å². The molecule has 164 valence electrons. The lowest BCUT2D eigenvalue weighted by Crippen LogP contribution is -2.47. The van der Waals surface area contributed by atoms with Crippen LogP contribution in [-0.2, 0) is 21.7 Å². The number of amides is 4. The molecule has 1 heterocycles. The summed E-state index contributed by atoms with van der Waals surface area (Å²) in [6.45, 7) is 2.29. The van der Waals surface area contributed by atoms with Gasteiger partial charge in [-0.2, -0.15) is 0 Å². The summed E-state index contributed by atoms with van der Waals surface area (Å²) < 4.78 is 0. The smallest absolute Gasteiger partial charge is 0.328 e. The van der Waals surface area contributed by atoms with Crippen LogP contribution in [-0.4, -0.2) is 52.2 Å². The Kier molecular flexibility index (Phi) is 4.88. The molecule has 1 spiro atoms. The predicted molar refractivity (Wildman–Crippen MR) is 121 cm³/mol. The van der Waals surface area contributed by atoms with Crippen LogP contribution in [0.25, 0.3) is 6.08 Å². The number of carbonyl (C=O) groups excluding carboxylic acids is 3. The van der Waals surface area contributed by atoms with Gasteiger partial charge in [-0.1, -0.05) is 60.7 Å². The molecule has 0 aromatic heterocycles. The number of nitrogens with zero attached hydrogens (tertiary/aromatic N) is 3. The van der Waals surface area contributed by atoms with Crippen molar-refractivity contribution < 1.29 is 14.4 Å². The maximum atomic E-state index is 13.6. The molecule has 6 nitrogen and oxygen atoms in total. The maximum absolute atomic E-state index is 13.6. The zero-order chi connectivity index (χ0) is 22.5. The van der Waals surface area contributed by atoms with Gasteiger partial charge in [-0.25, -0.2) is 4.79 Å². The van der Waals surface area contributed by atoms with Crippen molar-refractivity contribution in [2.24, 2.45) is 5.92 Å². The number of hydrogen-bond donors (Lipinski definition) is 0. The summed E-state index contributed by atoms with van der Waals surface area (Å²) in [7, 11) is 1.63. The summed E-state index contributed by atoms with van der Waals surface area (Å²) in [5.41, 5.74) is 1.57. The highest BCUT2D eigenvalue weighted by atomic mass is 16.2. The number of hydrogen-bond acceptors (Lipinski definition) is 3. The Labute approximate surface area is 188 Å². The fraction of sp³-hybridized carbons (Fsp3) is 0.346. The van der Waals surface area contributed by atoms with Gasteiger partial charge in [0.1, 0.15) is 6.54 Å². The Morgan fingerprint density at radius 1 is 1.09 bits per heavy atom. The summed E-state index contributed by atoms with van der Waals surface area (Å²) in [4.78, 5) is 44.6. The number of likely N-dealkylation sites (N-methyl/N-ethyl adjacent to an activating group) is 1. The Bertz CT molecular complexity index is 1110. The van der Waals surface area contributed by atoms with E-state index >= 15 is 0 Å². The molecule has 2 aliphatic carbocycles. The van der Waals surface area contributed by atoms with Gasteiger partial charge in [0.05, 0.1) is 0 Å². The fourth-order valence-corrected chi connectivity index (χ4v) is 4.97. The zero-order valence-electron chi connectivity index (χ0n) is 18.4. The first-order valence-electron chi connectivity index (χ1n) is 11.2. The van der Waals surface area contributed by atoms with E-state index in [1.165, 1.54) is 4.90 Å². The minimum atomic E-state index is -1.17. The van der Waals surface area contributed by atoms with Crippen molar-refractivity contribution in [3.63, 3.8) is 0 Å². The van der Waals surface area contributed by atoms with Gasteiger partial charge in [0.25, 0.3) is 5.91 Å². The van der Waals surface area contributed by atoms with Crippen LogP contribution in [0.3, 0.4) is 0 Å². The summed E-state index contributed by atoms with van der Waals surface area (Å²) in [6, 6.07) is 17.0. The van der Waals surface area contributed by atoms with E-state index in [4.69, 9.17) is 0 Å². The van der Waals surface area contributed by atoms with Gasteiger partial charge in [0.15, 0.2) is 5.54 Å². The molecule has 2 aromatic carbocycles. The minimum absolute atomic E-state index is 0.0642. The molecule has 0 bridgehead atoms. The highest BCUT2D eigenvalue weighted by molar-refractivity contribution is 6.12. The van der Waals surface area contributed by atoms with Crippen LogP contribution in [0.2, 0.25) is 0 Å². The van der Waals surface area contributed by atoms with E-state index < -0.39 is 11.6 Å². The first-order chi connectivity index (χ1) is 15.4. The van der Waals surface area contributed by atoms with Crippen molar-refractivity contribution in [3.8, 4) is 0 Å². The van der Waals surface area contributed by atoms with Crippen LogP contribution in [0.15, 0.2) is 60.7 Å². The van der Waals surface area contributed by atoms with Crippen LogP contribution in [0.1, 0.15) is 36.5 Å². The Hall–Kier alpha value is -3.41. The molecule has 2 atom stereocenters. The third kappa shape index (κ3) is 3.13. The molecular weight excluding hydrogens is 402 g/mol. The van der Waals surface area contributed by atoms with E-state index in [0.29, 0.717) is 12.5 Å². The normalized spacial score (nSPS) is 22.6. The highest BCUT2D eigenvalue weighted by Gasteiger charge is 2.58. The van der Waals surface area contributed by atoms with Crippen molar-refractivity contribution in [3.05, 3.63) is 77.4 Å². The molecule has 2 unspecified atom stereocenters. The Balaban J connectivity index is 1.41. The predicted octanol–water partition coefficient (Wildman–Crippen LogP) is 3.63. The second-order valence-electron chi connectivity index (χ2n) is 9.01. The van der Waals surface area contributed by atoms with Crippen LogP contribution in [0.5, 0.6) is 0 Å². The number of carbonyl (C=O) groups is 3. The van der Waals surface area contributed by atoms with Crippen molar-refractivity contribution >= 4 is 23.9 Å². The second-order valence-corrected chi connectivity index (χ2v) is 9.01. The molecule has 2 aromatic rings. The molecule has 6 heteroatoms. The lowest BCUT2D eigenvalue weighted by Gasteiger charge is -2.31. The Morgan fingerprint density at radius 2 is 1.78 bits per heavy atom. The number of fused-ring (bicyclic) bond motifs is 2. The highest BCUT2D eigenvalue weighted by Crippen LogP contribution is 2.44. The summed E-state index contributed by atoms with van der Waals surface area (Å²) in [5.74, 6) is -0.0831. The Morgan fingerprint density at radius 3 is 2.50 bits per heavy atom. The van der Waals surface area contributed by atoms with Crippen molar-refractivity contribution in [1.29, 1.82) is 0 Å². The molecule has 0 N–H and O–H groups in total.